The summed E-state index contributed by atoms with van der Waals surface area (Å²) in [6, 6.07) is 0. The van der Waals surface area contributed by atoms with Gasteiger partial charge >= 0.3 is 0 Å². The lowest BCUT2D eigenvalue weighted by Crippen LogP contribution is -2.40. The van der Waals surface area contributed by atoms with Gasteiger partial charge in [0.15, 0.2) is 5.96 Å². The third-order valence-electron chi connectivity index (χ3n) is 3.19. The summed E-state index contributed by atoms with van der Waals surface area (Å²) in [6.45, 7) is 8.68. The van der Waals surface area contributed by atoms with E-state index < -0.39 is 0 Å². The lowest BCUT2D eigenvalue weighted by Gasteiger charge is -2.22. The molecule has 1 aliphatic heterocycles. The maximum atomic E-state index is 9.04. The van der Waals surface area contributed by atoms with E-state index in [1.54, 1.807) is 7.11 Å². The molecule has 114 valence electrons. The van der Waals surface area contributed by atoms with Crippen molar-refractivity contribution in [1.29, 1.82) is 0 Å². The zero-order chi connectivity index (χ0) is 13.4. The van der Waals surface area contributed by atoms with Gasteiger partial charge in [0.25, 0.3) is 0 Å². The second-order valence-corrected chi connectivity index (χ2v) is 5.04. The molecule has 1 rings (SSSR count). The van der Waals surface area contributed by atoms with Crippen LogP contribution in [-0.2, 0) is 4.74 Å². The average Bonchev–Trinajstić information content (AvgIpc) is 2.83. The van der Waals surface area contributed by atoms with Crippen molar-refractivity contribution < 1.29 is 9.84 Å². The first-order chi connectivity index (χ1) is 8.71. The number of hydrogen-bond acceptors (Lipinski definition) is 3. The Morgan fingerprint density at radius 2 is 2.32 bits per heavy atom. The van der Waals surface area contributed by atoms with Gasteiger partial charge in [0.2, 0.25) is 0 Å². The van der Waals surface area contributed by atoms with Crippen LogP contribution in [0.25, 0.3) is 0 Å². The fourth-order valence-corrected chi connectivity index (χ4v) is 2.12. The van der Waals surface area contributed by atoms with Crippen molar-refractivity contribution in [2.45, 2.75) is 20.3 Å². The summed E-state index contributed by atoms with van der Waals surface area (Å²) < 4.78 is 5.21. The molecule has 1 saturated heterocycles. The summed E-state index contributed by atoms with van der Waals surface area (Å²) in [5.74, 6) is 1.79. The Bertz CT molecular complexity index is 264. The highest BCUT2D eigenvalue weighted by molar-refractivity contribution is 14.0. The van der Waals surface area contributed by atoms with E-state index in [0.717, 1.165) is 38.6 Å². The van der Waals surface area contributed by atoms with Gasteiger partial charge in [0, 0.05) is 45.8 Å². The Morgan fingerprint density at radius 3 is 2.89 bits per heavy atom. The fourth-order valence-electron chi connectivity index (χ4n) is 2.12. The minimum absolute atomic E-state index is 0. The van der Waals surface area contributed by atoms with Gasteiger partial charge in [-0.25, -0.2) is 0 Å². The molecule has 2 unspecified atom stereocenters. The molecule has 1 aliphatic rings. The molecule has 2 atom stereocenters. The van der Waals surface area contributed by atoms with Gasteiger partial charge in [-0.2, -0.15) is 0 Å². The number of aliphatic imine (C=N–C) groups is 1. The van der Waals surface area contributed by atoms with Gasteiger partial charge in [-0.05, 0) is 19.3 Å². The number of hydrogen-bond donors (Lipinski definition) is 2. The predicted octanol–water partition coefficient (Wildman–Crippen LogP) is 1.17. The maximum Gasteiger partial charge on any atom is 0.193 e. The van der Waals surface area contributed by atoms with Crippen molar-refractivity contribution in [2.75, 3.05) is 46.5 Å². The van der Waals surface area contributed by atoms with Crippen molar-refractivity contribution in [2.24, 2.45) is 16.8 Å². The van der Waals surface area contributed by atoms with E-state index >= 15 is 0 Å². The lowest BCUT2D eigenvalue weighted by molar-refractivity contribution is 0.157. The summed E-state index contributed by atoms with van der Waals surface area (Å²) >= 11 is 0. The molecule has 0 saturated carbocycles. The van der Waals surface area contributed by atoms with Crippen molar-refractivity contribution >= 4 is 29.9 Å². The molecular formula is C13H28IN3O2. The fraction of sp³-hybridized carbons (Fsp3) is 0.923. The van der Waals surface area contributed by atoms with Crippen LogP contribution < -0.4 is 5.32 Å². The van der Waals surface area contributed by atoms with Crippen LogP contribution in [-0.4, -0.2) is 62.5 Å². The molecule has 0 bridgehead atoms. The largest absolute Gasteiger partial charge is 0.396 e. The minimum atomic E-state index is 0. The molecule has 2 N–H and O–H groups in total. The summed E-state index contributed by atoms with van der Waals surface area (Å²) in [5.41, 5.74) is 0. The number of halogens is 1. The Kier molecular flexibility index (Phi) is 10.6. The highest BCUT2D eigenvalue weighted by atomic mass is 127. The number of nitrogens with one attached hydrogen (secondary N) is 1. The van der Waals surface area contributed by atoms with Crippen LogP contribution in [0.1, 0.15) is 20.3 Å². The van der Waals surface area contributed by atoms with E-state index in [1.165, 1.54) is 0 Å². The lowest BCUT2D eigenvalue weighted by atomic mass is 10.1. The number of rotatable bonds is 6. The van der Waals surface area contributed by atoms with Crippen molar-refractivity contribution in [3.05, 3.63) is 0 Å². The third kappa shape index (κ3) is 6.76. The monoisotopic (exact) mass is 385 g/mol. The van der Waals surface area contributed by atoms with Crippen molar-refractivity contribution in [3.63, 3.8) is 0 Å². The van der Waals surface area contributed by atoms with E-state index in [2.05, 4.69) is 22.1 Å². The maximum absolute atomic E-state index is 9.04. The van der Waals surface area contributed by atoms with E-state index in [1.807, 2.05) is 6.92 Å². The Balaban J connectivity index is 0.00000324. The van der Waals surface area contributed by atoms with Gasteiger partial charge in [0.05, 0.1) is 6.61 Å². The standard InChI is InChI=1S/C13H27N3O2.HI/c1-4-14-13(15-7-11(2)9-17)16-6-5-12(8-16)10-18-3;/h11-12,17H,4-10H2,1-3H3,(H,14,15);1H. The van der Waals surface area contributed by atoms with Crippen LogP contribution in [0.5, 0.6) is 0 Å². The molecule has 1 heterocycles. The SMILES string of the molecule is CCNC(=NCC(C)CO)N1CCC(COC)C1.I. The first-order valence-electron chi connectivity index (χ1n) is 6.84. The van der Waals surface area contributed by atoms with Crippen molar-refractivity contribution in [3.8, 4) is 0 Å². The second kappa shape index (κ2) is 10.7. The van der Waals surface area contributed by atoms with Crippen molar-refractivity contribution in [1.82, 2.24) is 10.2 Å². The van der Waals surface area contributed by atoms with E-state index in [9.17, 15) is 0 Å². The van der Waals surface area contributed by atoms with Crippen LogP contribution in [0.2, 0.25) is 0 Å². The number of guanidine groups is 1. The normalized spacial score (nSPS) is 21.2. The first kappa shape index (κ1) is 18.9. The number of methoxy groups -OCH3 is 1. The minimum Gasteiger partial charge on any atom is -0.396 e. The molecule has 0 spiro atoms. The summed E-state index contributed by atoms with van der Waals surface area (Å²) in [7, 11) is 1.75. The van der Waals surface area contributed by atoms with Gasteiger partial charge in [0.1, 0.15) is 0 Å². The van der Waals surface area contributed by atoms with Gasteiger partial charge in [-0.3, -0.25) is 4.99 Å². The van der Waals surface area contributed by atoms with E-state index in [4.69, 9.17) is 9.84 Å². The number of ether oxygens (including phenoxy) is 1. The van der Waals surface area contributed by atoms with Crippen LogP contribution in [0.4, 0.5) is 0 Å². The number of nitrogens with zero attached hydrogens (tertiary/aromatic N) is 2. The highest BCUT2D eigenvalue weighted by Crippen LogP contribution is 2.16. The first-order valence-corrected chi connectivity index (χ1v) is 6.84. The molecular weight excluding hydrogens is 357 g/mol. The zero-order valence-electron chi connectivity index (χ0n) is 12.3. The number of aliphatic hydroxyl groups excluding tert-OH is 1. The molecule has 0 aliphatic carbocycles. The number of likely N-dealkylation sites (tertiary alicyclic amines) is 1. The second-order valence-electron chi connectivity index (χ2n) is 5.04. The molecule has 0 aromatic heterocycles. The van der Waals surface area contributed by atoms with Crippen LogP contribution in [0.15, 0.2) is 4.99 Å². The molecule has 0 radical (unpaired) electrons. The number of aliphatic hydroxyl groups is 1. The molecule has 0 aromatic rings. The molecule has 1 fully saturated rings. The van der Waals surface area contributed by atoms with E-state index in [-0.39, 0.29) is 36.5 Å². The van der Waals surface area contributed by atoms with Gasteiger partial charge in [-0.1, -0.05) is 6.92 Å². The summed E-state index contributed by atoms with van der Waals surface area (Å²) in [4.78, 5) is 6.88. The molecule has 19 heavy (non-hydrogen) atoms. The highest BCUT2D eigenvalue weighted by Gasteiger charge is 2.24. The molecule has 0 aromatic carbocycles. The summed E-state index contributed by atoms with van der Waals surface area (Å²) in [5, 5.41) is 12.4. The molecule has 5 nitrogen and oxygen atoms in total. The average molecular weight is 385 g/mol. The third-order valence-corrected chi connectivity index (χ3v) is 3.19. The van der Waals surface area contributed by atoms with Crippen LogP contribution in [0.3, 0.4) is 0 Å². The predicted molar refractivity (Wildman–Crippen MR) is 89.2 cm³/mol. The Labute approximate surface area is 133 Å². The van der Waals surface area contributed by atoms with Gasteiger partial charge < -0.3 is 20.1 Å². The molecule has 6 heteroatoms. The van der Waals surface area contributed by atoms with E-state index in [0.29, 0.717) is 12.5 Å². The zero-order valence-corrected chi connectivity index (χ0v) is 14.6. The Morgan fingerprint density at radius 1 is 1.58 bits per heavy atom. The quantitative estimate of drug-likeness (QED) is 0.410. The molecule has 0 amide bonds. The summed E-state index contributed by atoms with van der Waals surface area (Å²) in [6.07, 6.45) is 1.16. The van der Waals surface area contributed by atoms with Crippen LogP contribution in [0, 0.1) is 11.8 Å². The smallest absolute Gasteiger partial charge is 0.193 e. The topological polar surface area (TPSA) is 57.1 Å². The Hall–Kier alpha value is -0.0800. The van der Waals surface area contributed by atoms with Gasteiger partial charge in [-0.15, -0.1) is 24.0 Å². The van der Waals surface area contributed by atoms with Crippen LogP contribution >= 0.6 is 24.0 Å².